The third kappa shape index (κ3) is 3.32. The molecule has 0 aliphatic rings. The van der Waals surface area contributed by atoms with Crippen LogP contribution in [0.15, 0.2) is 22.7 Å². The molecule has 0 aliphatic carbocycles. The molecular weight excluding hydrogens is 258 g/mol. The molecular formula is C11H14BrNO2. The Kier molecular flexibility index (Phi) is 4.29. The first-order valence-electron chi connectivity index (χ1n) is 4.72. The SMILES string of the molecule is Cc1ccc(C(=O)N[C@H](C)CO)cc1Br. The number of amides is 1. The molecule has 0 aliphatic heterocycles. The number of hydrogen-bond donors (Lipinski definition) is 2. The summed E-state index contributed by atoms with van der Waals surface area (Å²) in [6.45, 7) is 3.65. The van der Waals surface area contributed by atoms with Crippen LogP contribution < -0.4 is 5.32 Å². The first-order valence-corrected chi connectivity index (χ1v) is 5.51. The summed E-state index contributed by atoms with van der Waals surface area (Å²) in [5, 5.41) is 11.5. The third-order valence-corrected chi connectivity index (χ3v) is 2.94. The molecule has 0 fully saturated rings. The molecule has 0 unspecified atom stereocenters. The molecule has 1 rings (SSSR count). The first kappa shape index (κ1) is 12.2. The lowest BCUT2D eigenvalue weighted by atomic mass is 10.1. The maximum absolute atomic E-state index is 11.6. The Balaban J connectivity index is 2.78. The minimum Gasteiger partial charge on any atom is -0.394 e. The summed E-state index contributed by atoms with van der Waals surface area (Å²) >= 11 is 3.37. The van der Waals surface area contributed by atoms with Crippen molar-refractivity contribution in [3.8, 4) is 0 Å². The van der Waals surface area contributed by atoms with Crippen LogP contribution in [-0.2, 0) is 0 Å². The zero-order chi connectivity index (χ0) is 11.4. The Hall–Kier alpha value is -0.870. The Bertz CT molecular complexity index is 366. The Morgan fingerprint density at radius 2 is 2.27 bits per heavy atom. The molecule has 0 saturated carbocycles. The number of nitrogens with one attached hydrogen (secondary N) is 1. The number of carbonyl (C=O) groups excluding carboxylic acids is 1. The molecule has 0 bridgehead atoms. The molecule has 0 aromatic heterocycles. The van der Waals surface area contributed by atoms with Crippen LogP contribution in [0.25, 0.3) is 0 Å². The van der Waals surface area contributed by atoms with E-state index in [4.69, 9.17) is 5.11 Å². The fraction of sp³-hybridized carbons (Fsp3) is 0.364. The highest BCUT2D eigenvalue weighted by molar-refractivity contribution is 9.10. The first-order chi connectivity index (χ1) is 7.04. The van der Waals surface area contributed by atoms with Crippen LogP contribution in [0.4, 0.5) is 0 Å². The lowest BCUT2D eigenvalue weighted by Gasteiger charge is -2.11. The van der Waals surface area contributed by atoms with Crippen LogP contribution in [-0.4, -0.2) is 23.7 Å². The van der Waals surface area contributed by atoms with E-state index in [1.54, 1.807) is 19.1 Å². The van der Waals surface area contributed by atoms with Crippen molar-refractivity contribution >= 4 is 21.8 Å². The fourth-order valence-electron chi connectivity index (χ4n) is 1.09. The van der Waals surface area contributed by atoms with Gasteiger partial charge in [0, 0.05) is 16.1 Å². The minimum absolute atomic E-state index is 0.0568. The number of aliphatic hydroxyl groups excluding tert-OH is 1. The van der Waals surface area contributed by atoms with Crippen LogP contribution >= 0.6 is 15.9 Å². The predicted octanol–water partition coefficient (Wildman–Crippen LogP) is 1.87. The number of carbonyl (C=O) groups is 1. The van der Waals surface area contributed by atoms with E-state index in [9.17, 15) is 4.79 Å². The maximum atomic E-state index is 11.6. The van der Waals surface area contributed by atoms with Gasteiger partial charge in [-0.3, -0.25) is 4.79 Å². The number of hydrogen-bond acceptors (Lipinski definition) is 2. The predicted molar refractivity (Wildman–Crippen MR) is 62.9 cm³/mol. The van der Waals surface area contributed by atoms with Gasteiger partial charge in [0.2, 0.25) is 0 Å². The van der Waals surface area contributed by atoms with Crippen molar-refractivity contribution in [2.45, 2.75) is 19.9 Å². The minimum atomic E-state index is -0.224. The monoisotopic (exact) mass is 271 g/mol. The average molecular weight is 272 g/mol. The summed E-state index contributed by atoms with van der Waals surface area (Å²) in [6, 6.07) is 5.19. The molecule has 1 aromatic carbocycles. The number of halogens is 1. The second-order valence-electron chi connectivity index (χ2n) is 3.52. The van der Waals surface area contributed by atoms with Crippen molar-refractivity contribution in [3.63, 3.8) is 0 Å². The highest BCUT2D eigenvalue weighted by atomic mass is 79.9. The van der Waals surface area contributed by atoms with E-state index in [0.29, 0.717) is 5.56 Å². The summed E-state index contributed by atoms with van der Waals surface area (Å²) in [4.78, 5) is 11.6. The molecule has 15 heavy (non-hydrogen) atoms. The van der Waals surface area contributed by atoms with Crippen molar-refractivity contribution in [3.05, 3.63) is 33.8 Å². The summed E-state index contributed by atoms with van der Waals surface area (Å²) in [7, 11) is 0. The van der Waals surface area contributed by atoms with Gasteiger partial charge in [0.1, 0.15) is 0 Å². The maximum Gasteiger partial charge on any atom is 0.251 e. The quantitative estimate of drug-likeness (QED) is 0.882. The number of aliphatic hydroxyl groups is 1. The zero-order valence-corrected chi connectivity index (χ0v) is 10.3. The lowest BCUT2D eigenvalue weighted by Crippen LogP contribution is -2.34. The second-order valence-corrected chi connectivity index (χ2v) is 4.38. The van der Waals surface area contributed by atoms with Gasteiger partial charge in [0.25, 0.3) is 5.91 Å². The van der Waals surface area contributed by atoms with E-state index in [1.165, 1.54) is 0 Å². The van der Waals surface area contributed by atoms with Gasteiger partial charge in [0.05, 0.1) is 6.61 Å². The fourth-order valence-corrected chi connectivity index (χ4v) is 1.47. The van der Waals surface area contributed by atoms with E-state index in [1.807, 2.05) is 13.0 Å². The van der Waals surface area contributed by atoms with Gasteiger partial charge in [0.15, 0.2) is 0 Å². The highest BCUT2D eigenvalue weighted by Gasteiger charge is 2.09. The summed E-state index contributed by atoms with van der Waals surface area (Å²) in [6.07, 6.45) is 0. The zero-order valence-electron chi connectivity index (χ0n) is 8.75. The van der Waals surface area contributed by atoms with Crippen molar-refractivity contribution in [1.29, 1.82) is 0 Å². The summed E-state index contributed by atoms with van der Waals surface area (Å²) < 4.78 is 0.909. The van der Waals surface area contributed by atoms with Crippen LogP contribution in [0.2, 0.25) is 0 Å². The van der Waals surface area contributed by atoms with Gasteiger partial charge in [-0.15, -0.1) is 0 Å². The molecule has 1 atom stereocenters. The highest BCUT2D eigenvalue weighted by Crippen LogP contribution is 2.17. The third-order valence-electron chi connectivity index (χ3n) is 2.09. The number of aryl methyl sites for hydroxylation is 1. The van der Waals surface area contributed by atoms with Crippen LogP contribution in [0.3, 0.4) is 0 Å². The molecule has 0 heterocycles. The van der Waals surface area contributed by atoms with Crippen LogP contribution in [0.5, 0.6) is 0 Å². The molecule has 2 N–H and O–H groups in total. The average Bonchev–Trinajstić information content (AvgIpc) is 2.21. The van der Waals surface area contributed by atoms with E-state index in [0.717, 1.165) is 10.0 Å². The Morgan fingerprint density at radius 1 is 1.60 bits per heavy atom. The van der Waals surface area contributed by atoms with Crippen LogP contribution in [0.1, 0.15) is 22.8 Å². The smallest absolute Gasteiger partial charge is 0.251 e. The van der Waals surface area contributed by atoms with Crippen molar-refractivity contribution in [1.82, 2.24) is 5.32 Å². The van der Waals surface area contributed by atoms with Crippen molar-refractivity contribution in [2.24, 2.45) is 0 Å². The van der Waals surface area contributed by atoms with E-state index >= 15 is 0 Å². The second kappa shape index (κ2) is 5.28. The van der Waals surface area contributed by atoms with E-state index in [-0.39, 0.29) is 18.6 Å². The Morgan fingerprint density at radius 3 is 2.80 bits per heavy atom. The molecule has 0 saturated heterocycles. The Labute approximate surface area is 97.6 Å². The number of benzene rings is 1. The van der Waals surface area contributed by atoms with Gasteiger partial charge >= 0.3 is 0 Å². The van der Waals surface area contributed by atoms with Gasteiger partial charge in [-0.05, 0) is 31.5 Å². The van der Waals surface area contributed by atoms with Gasteiger partial charge in [-0.2, -0.15) is 0 Å². The standard InChI is InChI=1S/C11H14BrNO2/c1-7-3-4-9(5-10(7)12)11(15)13-8(2)6-14/h3-5,8,14H,6H2,1-2H3,(H,13,15)/t8-/m1/s1. The molecule has 0 spiro atoms. The molecule has 1 amide bonds. The largest absolute Gasteiger partial charge is 0.394 e. The van der Waals surface area contributed by atoms with Gasteiger partial charge in [-0.25, -0.2) is 0 Å². The molecule has 0 radical (unpaired) electrons. The molecule has 1 aromatic rings. The molecule has 82 valence electrons. The van der Waals surface area contributed by atoms with E-state index in [2.05, 4.69) is 21.2 Å². The topological polar surface area (TPSA) is 49.3 Å². The summed E-state index contributed by atoms with van der Waals surface area (Å²) in [5.41, 5.74) is 1.68. The van der Waals surface area contributed by atoms with Gasteiger partial charge < -0.3 is 10.4 Å². The van der Waals surface area contributed by atoms with Crippen molar-refractivity contribution in [2.75, 3.05) is 6.61 Å². The van der Waals surface area contributed by atoms with E-state index < -0.39 is 0 Å². The lowest BCUT2D eigenvalue weighted by molar-refractivity contribution is 0.0922. The molecule has 3 nitrogen and oxygen atoms in total. The summed E-state index contributed by atoms with van der Waals surface area (Å²) in [5.74, 6) is -0.169. The number of rotatable bonds is 3. The normalized spacial score (nSPS) is 12.3. The molecule has 4 heteroatoms. The van der Waals surface area contributed by atoms with Crippen LogP contribution in [0, 0.1) is 6.92 Å². The van der Waals surface area contributed by atoms with Gasteiger partial charge in [-0.1, -0.05) is 22.0 Å². The van der Waals surface area contributed by atoms with Crippen molar-refractivity contribution < 1.29 is 9.90 Å².